The highest BCUT2D eigenvalue weighted by molar-refractivity contribution is 7.07. The zero-order valence-corrected chi connectivity index (χ0v) is 19.5. The van der Waals surface area contributed by atoms with E-state index in [1.54, 1.807) is 31.6 Å². The SMILES string of the molecule is CCOC(=O)C1=C(C)N=c2sc(=C/C=C/c3ccccc3)c(=O)n2[C@H]1c1ccccc1OC. The van der Waals surface area contributed by atoms with E-state index in [-0.39, 0.29) is 12.2 Å². The molecular formula is C26H24N2O4S. The molecule has 2 aromatic carbocycles. The van der Waals surface area contributed by atoms with Crippen LogP contribution in [0.5, 0.6) is 5.75 Å². The number of fused-ring (bicyclic) bond motifs is 1. The molecule has 0 fully saturated rings. The summed E-state index contributed by atoms with van der Waals surface area (Å²) >= 11 is 1.29. The minimum atomic E-state index is -0.697. The molecule has 0 amide bonds. The molecule has 168 valence electrons. The van der Waals surface area contributed by atoms with Crippen LogP contribution in [0.3, 0.4) is 0 Å². The Morgan fingerprint density at radius 1 is 1.15 bits per heavy atom. The first-order chi connectivity index (χ1) is 16.0. The maximum atomic E-state index is 13.5. The van der Waals surface area contributed by atoms with Crippen molar-refractivity contribution >= 4 is 29.5 Å². The van der Waals surface area contributed by atoms with E-state index in [0.29, 0.717) is 31.9 Å². The van der Waals surface area contributed by atoms with Gasteiger partial charge in [-0.25, -0.2) is 9.79 Å². The number of aromatic nitrogens is 1. The largest absolute Gasteiger partial charge is 0.496 e. The molecule has 6 nitrogen and oxygen atoms in total. The molecule has 0 bridgehead atoms. The van der Waals surface area contributed by atoms with E-state index < -0.39 is 12.0 Å². The highest BCUT2D eigenvalue weighted by Crippen LogP contribution is 2.35. The molecule has 1 aromatic heterocycles. The molecule has 1 atom stereocenters. The van der Waals surface area contributed by atoms with Gasteiger partial charge in [-0.3, -0.25) is 9.36 Å². The lowest BCUT2D eigenvalue weighted by molar-refractivity contribution is -0.139. The molecular weight excluding hydrogens is 436 g/mol. The van der Waals surface area contributed by atoms with E-state index in [2.05, 4.69) is 4.99 Å². The van der Waals surface area contributed by atoms with E-state index in [9.17, 15) is 9.59 Å². The number of carbonyl (C=O) groups excluding carboxylic acids is 1. The number of carbonyl (C=O) groups is 1. The Labute approximate surface area is 195 Å². The Balaban J connectivity index is 1.90. The van der Waals surface area contributed by atoms with E-state index in [0.717, 1.165) is 5.56 Å². The molecule has 0 spiro atoms. The molecule has 4 rings (SSSR count). The summed E-state index contributed by atoms with van der Waals surface area (Å²) in [5.41, 5.74) is 2.37. The fourth-order valence-electron chi connectivity index (χ4n) is 3.80. The van der Waals surface area contributed by atoms with Crippen LogP contribution in [0.1, 0.15) is 31.0 Å². The fraction of sp³-hybridized carbons (Fsp3) is 0.192. The van der Waals surface area contributed by atoms with Crippen LogP contribution in [0, 0.1) is 0 Å². The number of benzene rings is 2. The van der Waals surface area contributed by atoms with Crippen LogP contribution < -0.4 is 19.6 Å². The lowest BCUT2D eigenvalue weighted by Gasteiger charge is -2.25. The lowest BCUT2D eigenvalue weighted by atomic mass is 9.95. The summed E-state index contributed by atoms with van der Waals surface area (Å²) in [7, 11) is 1.57. The number of allylic oxidation sites excluding steroid dienone is 2. The van der Waals surface area contributed by atoms with Gasteiger partial charge < -0.3 is 9.47 Å². The molecule has 0 radical (unpaired) electrons. The Morgan fingerprint density at radius 2 is 1.88 bits per heavy atom. The minimum absolute atomic E-state index is 0.221. The number of rotatable bonds is 6. The quantitative estimate of drug-likeness (QED) is 0.528. The van der Waals surface area contributed by atoms with Gasteiger partial charge in [0, 0.05) is 5.56 Å². The number of ether oxygens (including phenoxy) is 2. The average Bonchev–Trinajstić information content (AvgIpc) is 3.13. The van der Waals surface area contributed by atoms with E-state index in [4.69, 9.17) is 9.47 Å². The normalized spacial score (nSPS) is 16.0. The van der Waals surface area contributed by atoms with E-state index >= 15 is 0 Å². The summed E-state index contributed by atoms with van der Waals surface area (Å²) in [4.78, 5) is 31.6. The summed E-state index contributed by atoms with van der Waals surface area (Å²) < 4.78 is 13.0. The third-order valence-electron chi connectivity index (χ3n) is 5.29. The summed E-state index contributed by atoms with van der Waals surface area (Å²) in [5.74, 6) is 0.0884. The second kappa shape index (κ2) is 9.83. The van der Waals surface area contributed by atoms with Crippen LogP contribution >= 0.6 is 11.3 Å². The predicted octanol–water partition coefficient (Wildman–Crippen LogP) is 3.47. The first kappa shape index (κ1) is 22.5. The molecule has 3 aromatic rings. The first-order valence-electron chi connectivity index (χ1n) is 10.6. The molecule has 1 aliphatic heterocycles. The highest BCUT2D eigenvalue weighted by atomic mass is 32.1. The number of hydrogen-bond donors (Lipinski definition) is 0. The molecule has 33 heavy (non-hydrogen) atoms. The van der Waals surface area contributed by atoms with Gasteiger partial charge in [0.25, 0.3) is 5.56 Å². The summed E-state index contributed by atoms with van der Waals surface area (Å²) in [6.45, 7) is 3.74. The Morgan fingerprint density at radius 3 is 2.61 bits per heavy atom. The number of hydrogen-bond acceptors (Lipinski definition) is 6. The Kier molecular flexibility index (Phi) is 6.70. The zero-order valence-electron chi connectivity index (χ0n) is 18.6. The van der Waals surface area contributed by atoms with Gasteiger partial charge >= 0.3 is 5.97 Å². The van der Waals surface area contributed by atoms with Crippen molar-refractivity contribution in [2.45, 2.75) is 19.9 Å². The molecule has 0 saturated carbocycles. The van der Waals surface area contributed by atoms with Gasteiger partial charge in [-0.2, -0.15) is 0 Å². The third kappa shape index (κ3) is 4.45. The van der Waals surface area contributed by atoms with Crippen LogP contribution in [0.4, 0.5) is 0 Å². The second-order valence-corrected chi connectivity index (χ2v) is 8.35. The van der Waals surface area contributed by atoms with Gasteiger partial charge in [0.2, 0.25) is 0 Å². The number of para-hydroxylation sites is 1. The number of nitrogens with zero attached hydrogens (tertiary/aromatic N) is 2. The topological polar surface area (TPSA) is 69.9 Å². The van der Waals surface area contributed by atoms with Crippen LogP contribution in [0.2, 0.25) is 0 Å². The zero-order chi connectivity index (χ0) is 23.4. The maximum Gasteiger partial charge on any atom is 0.338 e. The minimum Gasteiger partial charge on any atom is -0.496 e. The number of methoxy groups -OCH3 is 1. The van der Waals surface area contributed by atoms with Gasteiger partial charge in [-0.05, 0) is 31.6 Å². The smallest absolute Gasteiger partial charge is 0.338 e. The van der Waals surface area contributed by atoms with Crippen LogP contribution in [0.25, 0.3) is 12.2 Å². The van der Waals surface area contributed by atoms with Crippen molar-refractivity contribution in [1.29, 1.82) is 0 Å². The van der Waals surface area contributed by atoms with Crippen LogP contribution in [-0.2, 0) is 9.53 Å². The summed E-state index contributed by atoms with van der Waals surface area (Å²) in [6, 6.07) is 16.5. The number of thiazole rings is 1. The Hall–Kier alpha value is -3.71. The number of esters is 1. The van der Waals surface area contributed by atoms with Crippen molar-refractivity contribution < 1.29 is 14.3 Å². The van der Waals surface area contributed by atoms with Crippen LogP contribution in [0.15, 0.2) is 81.7 Å². The summed E-state index contributed by atoms with van der Waals surface area (Å²) in [5, 5.41) is 0. The molecule has 0 N–H and O–H groups in total. The van der Waals surface area contributed by atoms with Crippen molar-refractivity contribution in [1.82, 2.24) is 4.57 Å². The fourth-order valence-corrected chi connectivity index (χ4v) is 4.80. The molecule has 0 aliphatic carbocycles. The predicted molar refractivity (Wildman–Crippen MR) is 130 cm³/mol. The standard InChI is InChI=1S/C26H24N2O4S/c1-4-32-25(30)22-17(2)27-26-28(23(22)19-14-8-9-15-20(19)31-3)24(29)21(33-26)16-10-13-18-11-6-5-7-12-18/h5-16,23H,4H2,1-3H3/b13-10+,21-16?/t23-/m0/s1. The molecule has 2 heterocycles. The van der Waals surface area contributed by atoms with E-state index in [1.807, 2.05) is 66.7 Å². The van der Waals surface area contributed by atoms with Crippen molar-refractivity contribution in [3.05, 3.63) is 103 Å². The molecule has 1 aliphatic rings. The van der Waals surface area contributed by atoms with Gasteiger partial charge in [-0.1, -0.05) is 72.0 Å². The van der Waals surface area contributed by atoms with Crippen molar-refractivity contribution in [3.8, 4) is 5.75 Å². The van der Waals surface area contributed by atoms with Gasteiger partial charge in [0.1, 0.15) is 11.8 Å². The van der Waals surface area contributed by atoms with Gasteiger partial charge in [-0.15, -0.1) is 0 Å². The third-order valence-corrected chi connectivity index (χ3v) is 6.29. The van der Waals surface area contributed by atoms with Gasteiger partial charge in [0.05, 0.1) is 29.5 Å². The van der Waals surface area contributed by atoms with Crippen LogP contribution in [-0.4, -0.2) is 24.3 Å². The lowest BCUT2D eigenvalue weighted by Crippen LogP contribution is -2.40. The summed E-state index contributed by atoms with van der Waals surface area (Å²) in [6.07, 6.45) is 5.56. The monoisotopic (exact) mass is 460 g/mol. The highest BCUT2D eigenvalue weighted by Gasteiger charge is 2.34. The maximum absolute atomic E-state index is 13.5. The van der Waals surface area contributed by atoms with Crippen molar-refractivity contribution in [3.63, 3.8) is 0 Å². The molecule has 0 saturated heterocycles. The molecule has 7 heteroatoms. The first-order valence-corrected chi connectivity index (χ1v) is 11.4. The average molecular weight is 461 g/mol. The van der Waals surface area contributed by atoms with E-state index in [1.165, 1.54) is 11.3 Å². The second-order valence-electron chi connectivity index (χ2n) is 7.34. The Bertz CT molecular complexity index is 1410. The van der Waals surface area contributed by atoms with Gasteiger partial charge in [0.15, 0.2) is 4.80 Å². The molecule has 0 unspecified atom stereocenters. The van der Waals surface area contributed by atoms with Crippen molar-refractivity contribution in [2.24, 2.45) is 4.99 Å². The van der Waals surface area contributed by atoms with Crippen molar-refractivity contribution in [2.75, 3.05) is 13.7 Å².